The predicted molar refractivity (Wildman–Crippen MR) is 74.6 cm³/mol. The van der Waals surface area contributed by atoms with Crippen LogP contribution in [0.4, 0.5) is 0 Å². The van der Waals surface area contributed by atoms with E-state index in [-0.39, 0.29) is 11.9 Å². The topological polar surface area (TPSA) is 59.4 Å². The molecule has 2 rings (SSSR count). The Labute approximate surface area is 117 Å². The molecule has 0 radical (unpaired) electrons. The van der Waals surface area contributed by atoms with E-state index in [4.69, 9.17) is 5.26 Å². The minimum Gasteiger partial charge on any atom is -0.340 e. The quantitative estimate of drug-likeness (QED) is 0.871. The number of nitriles is 1. The Morgan fingerprint density at radius 1 is 1.74 bits per heavy atom. The molecule has 1 aromatic heterocycles. The zero-order valence-corrected chi connectivity index (χ0v) is 11.8. The maximum atomic E-state index is 12.2. The molecule has 1 atom stereocenters. The molecular formula is C13H18N4OS. The van der Waals surface area contributed by atoms with Crippen LogP contribution in [0.25, 0.3) is 0 Å². The first kappa shape index (κ1) is 14.0. The Hall–Kier alpha value is -1.42. The van der Waals surface area contributed by atoms with Crippen LogP contribution in [0.2, 0.25) is 0 Å². The van der Waals surface area contributed by atoms with Gasteiger partial charge in [-0.2, -0.15) is 16.6 Å². The van der Waals surface area contributed by atoms with Gasteiger partial charge in [0.15, 0.2) is 0 Å². The molecule has 102 valence electrons. The lowest BCUT2D eigenvalue weighted by Crippen LogP contribution is -2.53. The number of hydrogen-bond acceptors (Lipinski definition) is 5. The number of carbonyl (C=O) groups is 1. The third-order valence-electron chi connectivity index (χ3n) is 3.27. The Morgan fingerprint density at radius 2 is 2.58 bits per heavy atom. The van der Waals surface area contributed by atoms with Gasteiger partial charge in [-0.1, -0.05) is 0 Å². The number of carbonyl (C=O) groups excluding carboxylic acids is 1. The average molecular weight is 278 g/mol. The molecule has 1 aliphatic rings. The van der Waals surface area contributed by atoms with E-state index < -0.39 is 0 Å². The predicted octanol–water partition coefficient (Wildman–Crippen LogP) is 0.504. The summed E-state index contributed by atoms with van der Waals surface area (Å²) >= 11 is 1.63. The van der Waals surface area contributed by atoms with Gasteiger partial charge in [-0.25, -0.2) is 0 Å². The van der Waals surface area contributed by atoms with Crippen LogP contribution >= 0.6 is 11.3 Å². The molecule has 0 saturated carbocycles. The summed E-state index contributed by atoms with van der Waals surface area (Å²) in [5, 5.41) is 16.3. The first-order valence-electron chi connectivity index (χ1n) is 6.30. The third kappa shape index (κ3) is 3.77. The number of piperazine rings is 1. The molecule has 1 saturated heterocycles. The fourth-order valence-electron chi connectivity index (χ4n) is 2.10. The van der Waals surface area contributed by atoms with Gasteiger partial charge in [0, 0.05) is 33.2 Å². The monoisotopic (exact) mass is 278 g/mol. The largest absolute Gasteiger partial charge is 0.340 e. The van der Waals surface area contributed by atoms with Crippen molar-refractivity contribution in [3.63, 3.8) is 0 Å². The zero-order chi connectivity index (χ0) is 13.7. The molecule has 1 aliphatic heterocycles. The summed E-state index contributed by atoms with van der Waals surface area (Å²) in [4.78, 5) is 15.8. The zero-order valence-electron chi connectivity index (χ0n) is 11.0. The molecule has 1 fully saturated rings. The van der Waals surface area contributed by atoms with Crippen LogP contribution in [0.1, 0.15) is 5.56 Å². The van der Waals surface area contributed by atoms with Crippen LogP contribution in [0, 0.1) is 11.3 Å². The molecule has 1 N–H and O–H groups in total. The average Bonchev–Trinajstić information content (AvgIpc) is 2.92. The van der Waals surface area contributed by atoms with Gasteiger partial charge in [-0.3, -0.25) is 9.69 Å². The maximum absolute atomic E-state index is 12.2. The Kier molecular flexibility index (Phi) is 4.91. The van der Waals surface area contributed by atoms with E-state index in [0.29, 0.717) is 19.6 Å². The van der Waals surface area contributed by atoms with Crippen LogP contribution in [0.3, 0.4) is 0 Å². The summed E-state index contributed by atoms with van der Waals surface area (Å²) in [5.74, 6) is 0.0633. The van der Waals surface area contributed by atoms with E-state index in [9.17, 15) is 4.79 Å². The van der Waals surface area contributed by atoms with Gasteiger partial charge in [0.25, 0.3) is 0 Å². The summed E-state index contributed by atoms with van der Waals surface area (Å²) < 4.78 is 0. The molecule has 6 heteroatoms. The smallest absolute Gasteiger partial charge is 0.236 e. The number of likely N-dealkylation sites (N-methyl/N-ethyl adjacent to an activating group) is 1. The number of thiophene rings is 1. The second-order valence-electron chi connectivity index (χ2n) is 4.70. The standard InChI is InChI=1S/C13H18N4OS/c1-16(8-11-2-5-19-10-11)13(18)9-17-4-3-15-7-12(17)6-14/h2,5,10,12,15H,3-4,7-9H2,1H3. The van der Waals surface area contributed by atoms with Crippen molar-refractivity contribution in [3.05, 3.63) is 22.4 Å². The highest BCUT2D eigenvalue weighted by Gasteiger charge is 2.24. The lowest BCUT2D eigenvalue weighted by molar-refractivity contribution is -0.132. The first-order valence-corrected chi connectivity index (χ1v) is 7.24. The van der Waals surface area contributed by atoms with Crippen molar-refractivity contribution in [1.29, 1.82) is 5.26 Å². The highest BCUT2D eigenvalue weighted by Crippen LogP contribution is 2.09. The van der Waals surface area contributed by atoms with Crippen molar-refractivity contribution in [2.45, 2.75) is 12.6 Å². The van der Waals surface area contributed by atoms with Gasteiger partial charge in [-0.15, -0.1) is 0 Å². The van der Waals surface area contributed by atoms with Crippen molar-refractivity contribution < 1.29 is 4.79 Å². The van der Waals surface area contributed by atoms with Crippen LogP contribution < -0.4 is 5.32 Å². The van der Waals surface area contributed by atoms with Crippen LogP contribution in [0.15, 0.2) is 16.8 Å². The fraction of sp³-hybridized carbons (Fsp3) is 0.538. The van der Waals surface area contributed by atoms with E-state index in [1.165, 1.54) is 0 Å². The van der Waals surface area contributed by atoms with Crippen LogP contribution in [0.5, 0.6) is 0 Å². The summed E-state index contributed by atoms with van der Waals surface area (Å²) in [6.07, 6.45) is 0. The van der Waals surface area contributed by atoms with Crippen molar-refractivity contribution in [3.8, 4) is 6.07 Å². The second-order valence-corrected chi connectivity index (χ2v) is 5.48. The molecule has 1 aromatic rings. The normalized spacial score (nSPS) is 19.9. The van der Waals surface area contributed by atoms with Crippen molar-refractivity contribution >= 4 is 17.2 Å². The summed E-state index contributed by atoms with van der Waals surface area (Å²) in [6.45, 7) is 3.17. The van der Waals surface area contributed by atoms with E-state index in [2.05, 4.69) is 11.4 Å². The molecule has 0 bridgehead atoms. The van der Waals surface area contributed by atoms with Crippen molar-refractivity contribution in [1.82, 2.24) is 15.1 Å². The molecule has 19 heavy (non-hydrogen) atoms. The summed E-state index contributed by atoms with van der Waals surface area (Å²) in [6, 6.07) is 4.06. The minimum atomic E-state index is -0.202. The van der Waals surface area contributed by atoms with Gasteiger partial charge in [0.2, 0.25) is 5.91 Å². The highest BCUT2D eigenvalue weighted by atomic mass is 32.1. The fourth-order valence-corrected chi connectivity index (χ4v) is 2.76. The lowest BCUT2D eigenvalue weighted by Gasteiger charge is -2.32. The molecular weight excluding hydrogens is 260 g/mol. The van der Waals surface area contributed by atoms with Gasteiger partial charge in [0.1, 0.15) is 6.04 Å². The van der Waals surface area contributed by atoms with E-state index in [1.54, 1.807) is 16.2 Å². The number of hydrogen-bond donors (Lipinski definition) is 1. The minimum absolute atomic E-state index is 0.0633. The number of rotatable bonds is 4. The van der Waals surface area contributed by atoms with Crippen molar-refractivity contribution in [2.75, 3.05) is 33.2 Å². The summed E-state index contributed by atoms with van der Waals surface area (Å²) in [5.41, 5.74) is 1.15. The SMILES string of the molecule is CN(Cc1ccsc1)C(=O)CN1CCNCC1C#N. The molecule has 1 unspecified atom stereocenters. The Morgan fingerprint density at radius 3 is 3.26 bits per heavy atom. The summed E-state index contributed by atoms with van der Waals surface area (Å²) in [7, 11) is 1.81. The van der Waals surface area contributed by atoms with E-state index in [1.807, 2.05) is 28.8 Å². The van der Waals surface area contributed by atoms with Crippen molar-refractivity contribution in [2.24, 2.45) is 0 Å². The van der Waals surface area contributed by atoms with E-state index >= 15 is 0 Å². The van der Waals surface area contributed by atoms with Gasteiger partial charge < -0.3 is 10.2 Å². The molecule has 2 heterocycles. The van der Waals surface area contributed by atoms with Gasteiger partial charge in [0.05, 0.1) is 12.6 Å². The molecule has 1 amide bonds. The van der Waals surface area contributed by atoms with Gasteiger partial charge in [-0.05, 0) is 22.4 Å². The molecule has 5 nitrogen and oxygen atoms in total. The highest BCUT2D eigenvalue weighted by molar-refractivity contribution is 7.07. The Balaban J connectivity index is 1.87. The molecule has 0 aliphatic carbocycles. The van der Waals surface area contributed by atoms with Crippen LogP contribution in [-0.2, 0) is 11.3 Å². The number of amides is 1. The molecule has 0 spiro atoms. The van der Waals surface area contributed by atoms with Crippen LogP contribution in [-0.4, -0.2) is 55.0 Å². The van der Waals surface area contributed by atoms with Gasteiger partial charge >= 0.3 is 0 Å². The lowest BCUT2D eigenvalue weighted by atomic mass is 10.2. The Bertz CT molecular complexity index is 454. The third-order valence-corrected chi connectivity index (χ3v) is 4.00. The van der Waals surface area contributed by atoms with E-state index in [0.717, 1.165) is 18.7 Å². The number of nitrogens with zero attached hydrogens (tertiary/aromatic N) is 3. The maximum Gasteiger partial charge on any atom is 0.236 e. The molecule has 0 aromatic carbocycles. The second kappa shape index (κ2) is 6.66. The number of nitrogens with one attached hydrogen (secondary N) is 1. The first-order chi connectivity index (χ1) is 9.20.